The Morgan fingerprint density at radius 1 is 1.41 bits per heavy atom. The van der Waals surface area contributed by atoms with Crippen LogP contribution < -0.4 is 11.0 Å². The van der Waals surface area contributed by atoms with Crippen LogP contribution in [0.25, 0.3) is 0 Å². The van der Waals surface area contributed by atoms with Gasteiger partial charge < -0.3 is 5.32 Å². The third kappa shape index (κ3) is 3.85. The molecule has 0 saturated carbocycles. The first-order valence-electron chi connectivity index (χ1n) is 8.62. The summed E-state index contributed by atoms with van der Waals surface area (Å²) in [6.45, 7) is 2.87. The normalized spacial score (nSPS) is 16.7. The van der Waals surface area contributed by atoms with Gasteiger partial charge in [0, 0.05) is 24.4 Å². The first kappa shape index (κ1) is 18.4. The summed E-state index contributed by atoms with van der Waals surface area (Å²) >= 11 is 8.92. The molecule has 4 heterocycles. The van der Waals surface area contributed by atoms with E-state index in [1.54, 1.807) is 27.4 Å². The van der Waals surface area contributed by atoms with Crippen molar-refractivity contribution in [3.63, 3.8) is 0 Å². The number of halogens is 1. The molecule has 1 aliphatic rings. The average Bonchev–Trinajstić information content (AvgIpc) is 3.28. The lowest BCUT2D eigenvalue weighted by Crippen LogP contribution is -2.35. The van der Waals surface area contributed by atoms with Crippen LogP contribution in [0.1, 0.15) is 39.0 Å². The summed E-state index contributed by atoms with van der Waals surface area (Å²) in [5.41, 5.74) is 0.731. The summed E-state index contributed by atoms with van der Waals surface area (Å²) in [5.74, 6) is 0.605. The average molecular weight is 424 g/mol. The van der Waals surface area contributed by atoms with Crippen molar-refractivity contribution in [3.8, 4) is 0 Å². The summed E-state index contributed by atoms with van der Waals surface area (Å²) in [6.07, 6.45) is 2.06. The van der Waals surface area contributed by atoms with Crippen LogP contribution in [-0.2, 0) is 19.5 Å². The van der Waals surface area contributed by atoms with Crippen molar-refractivity contribution < 1.29 is 4.79 Å². The van der Waals surface area contributed by atoms with Gasteiger partial charge >= 0.3 is 5.69 Å². The van der Waals surface area contributed by atoms with Crippen molar-refractivity contribution in [1.29, 1.82) is 0 Å². The highest BCUT2D eigenvalue weighted by Gasteiger charge is 2.23. The predicted octanol–water partition coefficient (Wildman–Crippen LogP) is 2.71. The van der Waals surface area contributed by atoms with Gasteiger partial charge in [-0.05, 0) is 31.2 Å². The zero-order valence-corrected chi connectivity index (χ0v) is 17.0. The highest BCUT2D eigenvalue weighted by molar-refractivity contribution is 7.12. The van der Waals surface area contributed by atoms with E-state index in [0.29, 0.717) is 35.8 Å². The molecule has 0 radical (unpaired) electrons. The molecule has 3 aromatic rings. The molecule has 3 aromatic heterocycles. The number of rotatable bonds is 4. The maximum atomic E-state index is 12.7. The Balaban J connectivity index is 1.44. The molecule has 1 N–H and O–H groups in total. The molecular formula is C17H18ClN5O2S2. The van der Waals surface area contributed by atoms with Gasteiger partial charge in [-0.25, -0.2) is 14.5 Å². The number of thiazole rings is 1. The topological polar surface area (TPSA) is 81.8 Å². The van der Waals surface area contributed by atoms with Crippen molar-refractivity contribution in [3.05, 3.63) is 53.7 Å². The number of fused-ring (bicyclic) bond motifs is 1. The summed E-state index contributed by atoms with van der Waals surface area (Å²) < 4.78 is 3.19. The lowest BCUT2D eigenvalue weighted by atomic mass is 10.1. The Bertz CT molecular complexity index is 1030. The van der Waals surface area contributed by atoms with Crippen molar-refractivity contribution in [2.45, 2.75) is 45.3 Å². The lowest BCUT2D eigenvalue weighted by Gasteiger charge is -2.15. The third-order valence-electron chi connectivity index (χ3n) is 4.55. The molecule has 1 atom stereocenters. The standard InChI is InChI=1S/C17H18ClN5O2S2/c1-10-19-12(9-27-10)8-23-17(25)22-6-4-11(2-3-14(22)21-23)20-16(24)15-13(18)5-7-26-15/h5,7,9,11H,2-4,6,8H2,1H3,(H,20,24). The number of carbonyl (C=O) groups is 1. The zero-order chi connectivity index (χ0) is 19.0. The first-order valence-corrected chi connectivity index (χ1v) is 10.8. The molecule has 0 fully saturated rings. The van der Waals surface area contributed by atoms with Crippen molar-refractivity contribution in [2.24, 2.45) is 0 Å². The van der Waals surface area contributed by atoms with Crippen LogP contribution in [0.4, 0.5) is 0 Å². The Hall–Kier alpha value is -1.97. The largest absolute Gasteiger partial charge is 0.348 e. The SMILES string of the molecule is Cc1nc(Cn2nc3n(c2=O)CCC(NC(=O)c2sccc2Cl)CC3)cs1. The lowest BCUT2D eigenvalue weighted by molar-refractivity contribution is 0.0937. The van der Waals surface area contributed by atoms with E-state index < -0.39 is 0 Å². The van der Waals surface area contributed by atoms with Gasteiger partial charge in [-0.15, -0.1) is 22.7 Å². The van der Waals surface area contributed by atoms with Crippen LogP contribution in [0.15, 0.2) is 21.6 Å². The Morgan fingerprint density at radius 2 is 2.26 bits per heavy atom. The summed E-state index contributed by atoms with van der Waals surface area (Å²) in [5, 5.41) is 12.7. The van der Waals surface area contributed by atoms with Gasteiger partial charge in [-0.1, -0.05) is 11.6 Å². The van der Waals surface area contributed by atoms with E-state index in [-0.39, 0.29) is 17.6 Å². The smallest absolute Gasteiger partial charge is 0.346 e. The molecule has 10 heteroatoms. The van der Waals surface area contributed by atoms with Gasteiger partial charge in [0.05, 0.1) is 22.3 Å². The highest BCUT2D eigenvalue weighted by Crippen LogP contribution is 2.22. The van der Waals surface area contributed by atoms with E-state index in [2.05, 4.69) is 15.4 Å². The number of thiophene rings is 1. The van der Waals surface area contributed by atoms with Crippen LogP contribution >= 0.6 is 34.3 Å². The second kappa shape index (κ2) is 7.57. The number of amides is 1. The Morgan fingerprint density at radius 3 is 2.96 bits per heavy atom. The minimum atomic E-state index is -0.157. The molecule has 142 valence electrons. The quantitative estimate of drug-likeness (QED) is 0.699. The molecule has 1 unspecified atom stereocenters. The van der Waals surface area contributed by atoms with Crippen LogP contribution in [0.2, 0.25) is 5.02 Å². The fourth-order valence-corrected chi connectivity index (χ4v) is 4.86. The highest BCUT2D eigenvalue weighted by atomic mass is 35.5. The third-order valence-corrected chi connectivity index (χ3v) is 6.72. The van der Waals surface area contributed by atoms with Gasteiger partial charge in [0.1, 0.15) is 10.7 Å². The van der Waals surface area contributed by atoms with Gasteiger partial charge in [-0.2, -0.15) is 5.10 Å². The van der Waals surface area contributed by atoms with Crippen LogP contribution in [-0.4, -0.2) is 31.3 Å². The van der Waals surface area contributed by atoms with E-state index in [1.165, 1.54) is 16.0 Å². The molecule has 0 aromatic carbocycles. The molecular weight excluding hydrogens is 406 g/mol. The molecule has 0 spiro atoms. The number of aromatic nitrogens is 4. The summed E-state index contributed by atoms with van der Waals surface area (Å²) in [4.78, 5) is 30.0. The Kier molecular flexibility index (Phi) is 5.16. The number of hydrogen-bond acceptors (Lipinski definition) is 6. The van der Waals surface area contributed by atoms with Gasteiger partial charge in [0.2, 0.25) is 0 Å². The minimum Gasteiger partial charge on any atom is -0.348 e. The molecule has 0 saturated heterocycles. The number of carbonyl (C=O) groups excluding carboxylic acids is 1. The Labute approximate surface area is 168 Å². The summed E-state index contributed by atoms with van der Waals surface area (Å²) in [7, 11) is 0. The van der Waals surface area contributed by atoms with E-state index in [0.717, 1.165) is 22.9 Å². The van der Waals surface area contributed by atoms with Crippen molar-refractivity contribution in [1.82, 2.24) is 24.6 Å². The van der Waals surface area contributed by atoms with E-state index in [1.807, 2.05) is 12.3 Å². The number of hydrogen-bond donors (Lipinski definition) is 1. The molecule has 0 aliphatic carbocycles. The van der Waals surface area contributed by atoms with E-state index >= 15 is 0 Å². The zero-order valence-electron chi connectivity index (χ0n) is 14.6. The molecule has 27 heavy (non-hydrogen) atoms. The maximum absolute atomic E-state index is 12.7. The second-order valence-electron chi connectivity index (χ2n) is 6.46. The summed E-state index contributed by atoms with van der Waals surface area (Å²) in [6, 6.07) is 1.71. The van der Waals surface area contributed by atoms with Crippen LogP contribution in [0, 0.1) is 6.92 Å². The van der Waals surface area contributed by atoms with E-state index in [9.17, 15) is 9.59 Å². The van der Waals surface area contributed by atoms with Crippen LogP contribution in [0.3, 0.4) is 0 Å². The second-order valence-corrected chi connectivity index (χ2v) is 8.85. The van der Waals surface area contributed by atoms with Crippen molar-refractivity contribution in [2.75, 3.05) is 0 Å². The molecule has 7 nitrogen and oxygen atoms in total. The number of nitrogens with zero attached hydrogens (tertiary/aromatic N) is 4. The molecule has 0 bridgehead atoms. The van der Waals surface area contributed by atoms with Crippen LogP contribution in [0.5, 0.6) is 0 Å². The predicted molar refractivity (Wildman–Crippen MR) is 106 cm³/mol. The van der Waals surface area contributed by atoms with E-state index in [4.69, 9.17) is 11.6 Å². The van der Waals surface area contributed by atoms with Gasteiger partial charge in [-0.3, -0.25) is 9.36 Å². The molecule has 1 aliphatic heterocycles. The molecule has 1 amide bonds. The number of nitrogens with one attached hydrogen (secondary N) is 1. The number of aryl methyl sites for hydroxylation is 2. The minimum absolute atomic E-state index is 0.00796. The maximum Gasteiger partial charge on any atom is 0.346 e. The van der Waals surface area contributed by atoms with Gasteiger partial charge in [0.15, 0.2) is 0 Å². The fraction of sp³-hybridized carbons (Fsp3) is 0.412. The van der Waals surface area contributed by atoms with Gasteiger partial charge in [0.25, 0.3) is 5.91 Å². The molecule has 4 rings (SSSR count). The first-order chi connectivity index (χ1) is 13.0. The monoisotopic (exact) mass is 423 g/mol. The van der Waals surface area contributed by atoms with Crippen molar-refractivity contribution >= 4 is 40.2 Å². The fourth-order valence-electron chi connectivity index (χ4n) is 3.22.